The molecule has 0 saturated heterocycles. The molecule has 3 N–H and O–H groups in total. The van der Waals surface area contributed by atoms with E-state index in [-0.39, 0.29) is 17.8 Å². The number of methoxy groups -OCH3 is 1. The normalized spacial score (nSPS) is 13.9. The molecule has 1 aromatic carbocycles. The van der Waals surface area contributed by atoms with Crippen molar-refractivity contribution in [2.24, 2.45) is 11.7 Å². The van der Waals surface area contributed by atoms with E-state index in [1.807, 2.05) is 27.7 Å². The van der Waals surface area contributed by atoms with Gasteiger partial charge >= 0.3 is 11.8 Å². The maximum Gasteiger partial charge on any atom is 0.309 e. The highest BCUT2D eigenvalue weighted by Crippen LogP contribution is 2.25. The average molecular weight is 340 g/mol. The molecule has 5 nitrogen and oxygen atoms in total. The van der Waals surface area contributed by atoms with Gasteiger partial charge in [-0.25, -0.2) is 4.39 Å². The number of hydrogen-bond donors (Lipinski definition) is 2. The third-order valence-corrected chi connectivity index (χ3v) is 3.85. The number of nitrogens with two attached hydrogens (primary N) is 1. The van der Waals surface area contributed by atoms with Gasteiger partial charge in [0.1, 0.15) is 5.82 Å². The number of primary amides is 1. The van der Waals surface area contributed by atoms with Crippen LogP contribution < -0.4 is 11.1 Å². The molecular weight excluding hydrogens is 311 g/mol. The van der Waals surface area contributed by atoms with Crippen LogP contribution in [0, 0.1) is 11.7 Å². The molecule has 0 bridgehead atoms. The quantitative estimate of drug-likeness (QED) is 0.749. The standard InChI is InChI=1S/C16H23FN2O3.C2H6/c1-4-10(2)14(22-3)9-13(19-16(21)15(18)20)11-5-7-12(17)8-6-11;1-2/h5-8,10,13-14H,4,9H2,1-3H3,(H2,18,20)(H,19,21);1-2H3/t10-,13?,14?;/m0./s1. The van der Waals surface area contributed by atoms with Gasteiger partial charge < -0.3 is 15.8 Å². The SMILES string of the molecule is CC.CC[C@H](C)C(CC(NC(=O)C(N)=O)c1ccc(F)cc1)OC. The molecule has 3 atom stereocenters. The minimum Gasteiger partial charge on any atom is -0.381 e. The molecule has 0 spiro atoms. The van der Waals surface area contributed by atoms with Gasteiger partial charge in [0.25, 0.3) is 0 Å². The number of carbonyl (C=O) groups excluding carboxylic acids is 2. The van der Waals surface area contributed by atoms with Crippen molar-refractivity contribution in [1.82, 2.24) is 5.32 Å². The highest BCUT2D eigenvalue weighted by atomic mass is 19.1. The second kappa shape index (κ2) is 11.6. The minimum atomic E-state index is -1.05. The van der Waals surface area contributed by atoms with Crippen LogP contribution in [-0.4, -0.2) is 25.0 Å². The van der Waals surface area contributed by atoms with E-state index in [4.69, 9.17) is 10.5 Å². The highest BCUT2D eigenvalue weighted by Gasteiger charge is 2.24. The van der Waals surface area contributed by atoms with Gasteiger partial charge in [-0.05, 0) is 30.0 Å². The Kier molecular flexibility index (Phi) is 10.6. The summed E-state index contributed by atoms with van der Waals surface area (Å²) < 4.78 is 18.5. The van der Waals surface area contributed by atoms with E-state index in [1.165, 1.54) is 12.1 Å². The van der Waals surface area contributed by atoms with Gasteiger partial charge in [-0.2, -0.15) is 0 Å². The predicted molar refractivity (Wildman–Crippen MR) is 92.7 cm³/mol. The summed E-state index contributed by atoms with van der Waals surface area (Å²) in [5.41, 5.74) is 5.69. The van der Waals surface area contributed by atoms with Crippen LogP contribution >= 0.6 is 0 Å². The lowest BCUT2D eigenvalue weighted by molar-refractivity contribution is -0.138. The van der Waals surface area contributed by atoms with Crippen LogP contribution in [0.4, 0.5) is 4.39 Å². The summed E-state index contributed by atoms with van der Waals surface area (Å²) in [4.78, 5) is 22.6. The summed E-state index contributed by atoms with van der Waals surface area (Å²) in [6.45, 7) is 8.09. The van der Waals surface area contributed by atoms with Gasteiger partial charge in [0.05, 0.1) is 12.1 Å². The van der Waals surface area contributed by atoms with Crippen molar-refractivity contribution in [3.63, 3.8) is 0 Å². The van der Waals surface area contributed by atoms with E-state index in [2.05, 4.69) is 5.32 Å². The van der Waals surface area contributed by atoms with Crippen molar-refractivity contribution in [3.05, 3.63) is 35.6 Å². The second-order valence-electron chi connectivity index (χ2n) is 5.34. The first kappa shape index (κ1) is 22.1. The molecular formula is C18H29FN2O3. The van der Waals surface area contributed by atoms with E-state index in [0.29, 0.717) is 12.0 Å². The van der Waals surface area contributed by atoms with Crippen molar-refractivity contribution in [2.75, 3.05) is 7.11 Å². The summed E-state index contributed by atoms with van der Waals surface area (Å²) in [5, 5.41) is 2.58. The van der Waals surface area contributed by atoms with Crippen LogP contribution in [0.3, 0.4) is 0 Å². The number of benzene rings is 1. The number of carbonyl (C=O) groups is 2. The lowest BCUT2D eigenvalue weighted by Crippen LogP contribution is -2.40. The first-order valence-electron chi connectivity index (χ1n) is 8.27. The molecule has 0 heterocycles. The number of ether oxygens (including phenoxy) is 1. The molecule has 0 aliphatic rings. The average Bonchev–Trinajstić information content (AvgIpc) is 2.60. The van der Waals surface area contributed by atoms with Crippen molar-refractivity contribution in [2.45, 2.75) is 52.7 Å². The Morgan fingerprint density at radius 2 is 1.79 bits per heavy atom. The summed E-state index contributed by atoms with van der Waals surface area (Å²) in [6, 6.07) is 5.29. The van der Waals surface area contributed by atoms with Gasteiger partial charge in [0.15, 0.2) is 0 Å². The Labute approximate surface area is 143 Å². The maximum absolute atomic E-state index is 13.1. The summed E-state index contributed by atoms with van der Waals surface area (Å²) in [7, 11) is 1.61. The van der Waals surface area contributed by atoms with E-state index < -0.39 is 17.9 Å². The Hall–Kier alpha value is -1.95. The number of nitrogens with one attached hydrogen (secondary N) is 1. The minimum absolute atomic E-state index is 0.103. The fourth-order valence-electron chi connectivity index (χ4n) is 2.26. The highest BCUT2D eigenvalue weighted by molar-refractivity contribution is 6.34. The molecule has 0 radical (unpaired) electrons. The zero-order valence-corrected chi connectivity index (χ0v) is 15.1. The first-order valence-corrected chi connectivity index (χ1v) is 8.27. The first-order chi connectivity index (χ1) is 11.4. The molecule has 0 aliphatic heterocycles. The van der Waals surface area contributed by atoms with E-state index in [0.717, 1.165) is 6.42 Å². The van der Waals surface area contributed by atoms with E-state index >= 15 is 0 Å². The number of hydrogen-bond acceptors (Lipinski definition) is 3. The van der Waals surface area contributed by atoms with Gasteiger partial charge in [-0.3, -0.25) is 9.59 Å². The Balaban J connectivity index is 0.00000254. The molecule has 0 fully saturated rings. The lowest BCUT2D eigenvalue weighted by atomic mass is 9.92. The van der Waals surface area contributed by atoms with Crippen LogP contribution in [0.5, 0.6) is 0 Å². The molecule has 1 rings (SSSR count). The molecule has 24 heavy (non-hydrogen) atoms. The van der Waals surface area contributed by atoms with Gasteiger partial charge in [-0.1, -0.05) is 46.2 Å². The van der Waals surface area contributed by atoms with Crippen LogP contribution in [0.2, 0.25) is 0 Å². The molecule has 136 valence electrons. The number of halogens is 1. The van der Waals surface area contributed by atoms with Gasteiger partial charge in [-0.15, -0.1) is 0 Å². The Bertz CT molecular complexity index is 505. The van der Waals surface area contributed by atoms with Crippen LogP contribution in [0.25, 0.3) is 0 Å². The molecule has 2 unspecified atom stereocenters. The molecule has 1 aromatic rings. The summed E-state index contributed by atoms with van der Waals surface area (Å²) in [5.74, 6) is -2.01. The third kappa shape index (κ3) is 7.08. The van der Waals surface area contributed by atoms with Crippen molar-refractivity contribution >= 4 is 11.8 Å². The fourth-order valence-corrected chi connectivity index (χ4v) is 2.26. The molecule has 2 amide bonds. The monoisotopic (exact) mass is 340 g/mol. The zero-order chi connectivity index (χ0) is 18.7. The fraction of sp³-hybridized carbons (Fsp3) is 0.556. The molecule has 6 heteroatoms. The van der Waals surface area contributed by atoms with E-state index in [9.17, 15) is 14.0 Å². The third-order valence-electron chi connectivity index (χ3n) is 3.85. The Morgan fingerprint density at radius 3 is 2.21 bits per heavy atom. The largest absolute Gasteiger partial charge is 0.381 e. The maximum atomic E-state index is 13.1. The van der Waals surface area contributed by atoms with Gasteiger partial charge in [0.2, 0.25) is 0 Å². The second-order valence-corrected chi connectivity index (χ2v) is 5.34. The molecule has 0 aromatic heterocycles. The van der Waals surface area contributed by atoms with E-state index in [1.54, 1.807) is 19.2 Å². The topological polar surface area (TPSA) is 81.4 Å². The Morgan fingerprint density at radius 1 is 1.25 bits per heavy atom. The number of amides is 2. The zero-order valence-electron chi connectivity index (χ0n) is 15.1. The van der Waals surface area contributed by atoms with Crippen LogP contribution in [0.15, 0.2) is 24.3 Å². The van der Waals surface area contributed by atoms with Crippen LogP contribution in [-0.2, 0) is 14.3 Å². The molecule has 0 saturated carbocycles. The van der Waals surface area contributed by atoms with Crippen molar-refractivity contribution < 1.29 is 18.7 Å². The lowest BCUT2D eigenvalue weighted by Gasteiger charge is -2.27. The van der Waals surface area contributed by atoms with Gasteiger partial charge in [0, 0.05) is 7.11 Å². The summed E-state index contributed by atoms with van der Waals surface area (Å²) >= 11 is 0. The van der Waals surface area contributed by atoms with Crippen LogP contribution in [0.1, 0.15) is 52.1 Å². The number of rotatable bonds is 7. The van der Waals surface area contributed by atoms with Crippen molar-refractivity contribution in [1.29, 1.82) is 0 Å². The van der Waals surface area contributed by atoms with Crippen molar-refractivity contribution in [3.8, 4) is 0 Å². The smallest absolute Gasteiger partial charge is 0.309 e. The predicted octanol–water partition coefficient (Wildman–Crippen LogP) is 2.95. The molecule has 0 aliphatic carbocycles. The summed E-state index contributed by atoms with van der Waals surface area (Å²) in [6.07, 6.45) is 1.28.